The van der Waals surface area contributed by atoms with E-state index in [-0.39, 0.29) is 17.0 Å². The molecule has 4 nitrogen and oxygen atoms in total. The van der Waals surface area contributed by atoms with Crippen LogP contribution in [0, 0.1) is 62.6 Å². The van der Waals surface area contributed by atoms with Gasteiger partial charge in [0.2, 0.25) is 0 Å². The summed E-state index contributed by atoms with van der Waals surface area (Å²) < 4.78 is 0. The highest BCUT2D eigenvalue weighted by molar-refractivity contribution is 6.00. The number of fused-ring (bicyclic) bond motifs is 1. The molecule has 1 fully saturated rings. The maximum Gasteiger partial charge on any atom is 0.189 e. The van der Waals surface area contributed by atoms with Crippen molar-refractivity contribution in [3.63, 3.8) is 0 Å². The van der Waals surface area contributed by atoms with Gasteiger partial charge in [-0.3, -0.25) is 0 Å². The lowest BCUT2D eigenvalue weighted by Gasteiger charge is -2.46. The molecule has 4 atom stereocenters. The van der Waals surface area contributed by atoms with Crippen LogP contribution in [-0.4, -0.2) is 5.71 Å². The molecule has 0 aromatic heterocycles. The summed E-state index contributed by atoms with van der Waals surface area (Å²) in [5.41, 5.74) is 1.35. The zero-order valence-electron chi connectivity index (χ0n) is 17.0. The van der Waals surface area contributed by atoms with Crippen molar-refractivity contribution in [1.29, 1.82) is 21.2 Å². The van der Waals surface area contributed by atoms with Crippen LogP contribution in [0.2, 0.25) is 0 Å². The SMILES string of the molecule is C[C@H]1CC=C2C(C#N)C(=N)C(C#N)(C#N)[C@H](c3ccc(C(C)(C)C)cc3)[C@H]2C1. The van der Waals surface area contributed by atoms with Crippen molar-refractivity contribution in [3.8, 4) is 18.2 Å². The summed E-state index contributed by atoms with van der Waals surface area (Å²) in [4.78, 5) is 0. The third-order valence-electron chi connectivity index (χ3n) is 6.37. The van der Waals surface area contributed by atoms with Crippen LogP contribution in [0.4, 0.5) is 0 Å². The molecule has 142 valence electrons. The summed E-state index contributed by atoms with van der Waals surface area (Å²) in [6.45, 7) is 8.60. The fourth-order valence-electron chi connectivity index (χ4n) is 4.77. The van der Waals surface area contributed by atoms with E-state index in [1.54, 1.807) is 0 Å². The van der Waals surface area contributed by atoms with Crippen molar-refractivity contribution in [3.05, 3.63) is 47.0 Å². The smallest absolute Gasteiger partial charge is 0.189 e. The molecule has 0 spiro atoms. The molecule has 4 heteroatoms. The Morgan fingerprint density at radius 2 is 1.68 bits per heavy atom. The lowest BCUT2D eigenvalue weighted by molar-refractivity contribution is 0.283. The van der Waals surface area contributed by atoms with Gasteiger partial charge in [-0.2, -0.15) is 15.8 Å². The monoisotopic (exact) mass is 370 g/mol. The van der Waals surface area contributed by atoms with Gasteiger partial charge in [-0.25, -0.2) is 0 Å². The maximum atomic E-state index is 10.1. The lowest BCUT2D eigenvalue weighted by atomic mass is 9.52. The van der Waals surface area contributed by atoms with Crippen LogP contribution in [-0.2, 0) is 5.41 Å². The Morgan fingerprint density at radius 3 is 2.18 bits per heavy atom. The Balaban J connectivity index is 2.21. The number of hydrogen-bond acceptors (Lipinski definition) is 4. The molecule has 2 aliphatic rings. The van der Waals surface area contributed by atoms with Crippen molar-refractivity contribution >= 4 is 5.71 Å². The largest absolute Gasteiger partial charge is 0.305 e. The van der Waals surface area contributed by atoms with Gasteiger partial charge in [-0.05, 0) is 46.8 Å². The van der Waals surface area contributed by atoms with E-state index in [0.29, 0.717) is 5.92 Å². The third-order valence-corrected chi connectivity index (χ3v) is 6.37. The van der Waals surface area contributed by atoms with Gasteiger partial charge in [0.15, 0.2) is 5.41 Å². The van der Waals surface area contributed by atoms with Crippen LogP contribution in [0.25, 0.3) is 0 Å². The number of rotatable bonds is 1. The van der Waals surface area contributed by atoms with Crippen LogP contribution in [0.3, 0.4) is 0 Å². The van der Waals surface area contributed by atoms with Crippen LogP contribution >= 0.6 is 0 Å². The van der Waals surface area contributed by atoms with Gasteiger partial charge in [-0.15, -0.1) is 0 Å². The molecule has 0 bridgehead atoms. The van der Waals surface area contributed by atoms with E-state index in [2.05, 4.69) is 64.1 Å². The standard InChI is InChI=1S/C24H26N4/c1-15-5-10-18-19(11-15)21(16-6-8-17(9-7-16)23(2,3)4)24(13-26,14-27)22(28)20(18)12-25/h6-10,15,19-21,28H,5,11H2,1-4H3/t15-,19-,20?,21+/m0/s1. The van der Waals surface area contributed by atoms with Crippen molar-refractivity contribution in [2.75, 3.05) is 0 Å². The Kier molecular flexibility index (Phi) is 4.91. The second-order valence-corrected chi connectivity index (χ2v) is 9.24. The molecule has 1 aromatic rings. The molecule has 0 aliphatic heterocycles. The Bertz CT molecular complexity index is 927. The van der Waals surface area contributed by atoms with Crippen molar-refractivity contribution in [2.45, 2.75) is 51.9 Å². The lowest BCUT2D eigenvalue weighted by Crippen LogP contribution is -2.49. The van der Waals surface area contributed by atoms with E-state index in [1.165, 1.54) is 5.56 Å². The van der Waals surface area contributed by atoms with Gasteiger partial charge < -0.3 is 5.41 Å². The summed E-state index contributed by atoms with van der Waals surface area (Å²) in [5.74, 6) is -0.849. The number of nitriles is 3. The second-order valence-electron chi connectivity index (χ2n) is 9.24. The molecule has 0 radical (unpaired) electrons. The Morgan fingerprint density at radius 1 is 1.07 bits per heavy atom. The van der Waals surface area contributed by atoms with Crippen molar-refractivity contribution in [1.82, 2.24) is 0 Å². The number of nitrogens with zero attached hydrogens (tertiary/aromatic N) is 3. The van der Waals surface area contributed by atoms with Gasteiger partial charge in [0.05, 0.1) is 23.9 Å². The first kappa shape index (κ1) is 19.9. The first-order chi connectivity index (χ1) is 13.2. The molecule has 1 N–H and O–H groups in total. The predicted molar refractivity (Wildman–Crippen MR) is 108 cm³/mol. The number of hydrogen-bond donors (Lipinski definition) is 1. The average Bonchev–Trinajstić information content (AvgIpc) is 2.67. The summed E-state index contributed by atoms with van der Waals surface area (Å²) >= 11 is 0. The summed E-state index contributed by atoms with van der Waals surface area (Å²) in [6.07, 6.45) is 3.78. The van der Waals surface area contributed by atoms with Crippen LogP contribution < -0.4 is 0 Å². The Labute approximate surface area is 167 Å². The molecule has 28 heavy (non-hydrogen) atoms. The molecular weight excluding hydrogens is 344 g/mol. The van der Waals surface area contributed by atoms with Crippen LogP contribution in [0.5, 0.6) is 0 Å². The van der Waals surface area contributed by atoms with E-state index < -0.39 is 17.3 Å². The zero-order chi connectivity index (χ0) is 20.7. The second kappa shape index (κ2) is 6.92. The molecule has 1 aromatic carbocycles. The van der Waals surface area contributed by atoms with Gasteiger partial charge in [0, 0.05) is 5.92 Å². The molecule has 1 saturated carbocycles. The van der Waals surface area contributed by atoms with Gasteiger partial charge in [0.1, 0.15) is 5.92 Å². The molecular formula is C24H26N4. The van der Waals surface area contributed by atoms with E-state index in [1.807, 2.05) is 12.1 Å². The quantitative estimate of drug-likeness (QED) is 0.684. The van der Waals surface area contributed by atoms with E-state index in [9.17, 15) is 15.8 Å². The first-order valence-electron chi connectivity index (χ1n) is 9.81. The average molecular weight is 371 g/mol. The molecule has 0 saturated heterocycles. The minimum absolute atomic E-state index is 0.00959. The molecule has 0 heterocycles. The van der Waals surface area contributed by atoms with Gasteiger partial charge in [-0.1, -0.05) is 58.0 Å². The van der Waals surface area contributed by atoms with E-state index >= 15 is 0 Å². The maximum absolute atomic E-state index is 10.1. The van der Waals surface area contributed by atoms with Crippen LogP contribution in [0.1, 0.15) is 57.6 Å². The van der Waals surface area contributed by atoms with Gasteiger partial charge >= 0.3 is 0 Å². The summed E-state index contributed by atoms with van der Waals surface area (Å²) in [6, 6.07) is 14.6. The van der Waals surface area contributed by atoms with E-state index in [0.717, 1.165) is 24.0 Å². The number of nitrogens with one attached hydrogen (secondary N) is 1. The van der Waals surface area contributed by atoms with Crippen LogP contribution in [0.15, 0.2) is 35.9 Å². The number of allylic oxidation sites excluding steroid dienone is 2. The third kappa shape index (κ3) is 2.93. The molecule has 2 aliphatic carbocycles. The molecule has 1 unspecified atom stereocenters. The number of benzene rings is 1. The molecule has 0 amide bonds. The predicted octanol–water partition coefficient (Wildman–Crippen LogP) is 5.25. The zero-order valence-corrected chi connectivity index (χ0v) is 17.0. The molecule has 3 rings (SSSR count). The fourth-order valence-corrected chi connectivity index (χ4v) is 4.77. The minimum Gasteiger partial charge on any atom is -0.305 e. The highest BCUT2D eigenvalue weighted by atomic mass is 14.7. The minimum atomic E-state index is -1.61. The van der Waals surface area contributed by atoms with Crippen molar-refractivity contribution < 1.29 is 0 Å². The van der Waals surface area contributed by atoms with Gasteiger partial charge in [0.25, 0.3) is 0 Å². The fraction of sp³-hybridized carbons (Fsp3) is 0.500. The highest BCUT2D eigenvalue weighted by Crippen LogP contribution is 2.55. The van der Waals surface area contributed by atoms with E-state index in [4.69, 9.17) is 5.41 Å². The summed E-state index contributed by atoms with van der Waals surface area (Å²) in [5, 5.41) is 38.5. The highest BCUT2D eigenvalue weighted by Gasteiger charge is 2.57. The Hall–Kier alpha value is -2.90. The summed E-state index contributed by atoms with van der Waals surface area (Å²) in [7, 11) is 0. The normalized spacial score (nSPS) is 28.9. The van der Waals surface area contributed by atoms with Crippen molar-refractivity contribution in [2.24, 2.45) is 23.2 Å². The first-order valence-corrected chi connectivity index (χ1v) is 9.81. The topological polar surface area (TPSA) is 95.2 Å².